The summed E-state index contributed by atoms with van der Waals surface area (Å²) in [5, 5.41) is 5.28. The number of anilines is 2. The molecule has 0 radical (unpaired) electrons. The summed E-state index contributed by atoms with van der Waals surface area (Å²) in [5.74, 6) is 0.606. The summed E-state index contributed by atoms with van der Waals surface area (Å²) in [6.07, 6.45) is 0. The van der Waals surface area contributed by atoms with Gasteiger partial charge < -0.3 is 15.0 Å². The van der Waals surface area contributed by atoms with Gasteiger partial charge in [-0.05, 0) is 42.0 Å². The standard InChI is InChI=1S/C21H22N2O2/c1-3-25-20-11-7-6-10-19(20)22-21(24)15-23(2)18-13-12-16-8-4-5-9-17(16)14-18/h4-14H,3,15H2,1-2H3,(H,22,24). The van der Waals surface area contributed by atoms with Gasteiger partial charge in [-0.25, -0.2) is 0 Å². The van der Waals surface area contributed by atoms with Crippen LogP contribution in [0.1, 0.15) is 6.92 Å². The highest BCUT2D eigenvalue weighted by Gasteiger charge is 2.11. The van der Waals surface area contributed by atoms with Crippen molar-refractivity contribution in [1.82, 2.24) is 0 Å². The van der Waals surface area contributed by atoms with Gasteiger partial charge in [0.2, 0.25) is 5.91 Å². The number of nitrogens with zero attached hydrogens (tertiary/aromatic N) is 1. The van der Waals surface area contributed by atoms with Crippen molar-refractivity contribution in [2.24, 2.45) is 0 Å². The molecule has 0 bridgehead atoms. The van der Waals surface area contributed by atoms with Gasteiger partial charge in [0.15, 0.2) is 0 Å². The first-order chi connectivity index (χ1) is 12.2. The molecule has 0 aliphatic carbocycles. The third-order valence-corrected chi connectivity index (χ3v) is 4.02. The second kappa shape index (κ2) is 7.71. The molecular formula is C21H22N2O2. The first kappa shape index (κ1) is 16.8. The van der Waals surface area contributed by atoms with Crippen LogP contribution in [0.5, 0.6) is 5.75 Å². The van der Waals surface area contributed by atoms with Crippen LogP contribution in [0.3, 0.4) is 0 Å². The van der Waals surface area contributed by atoms with Crippen molar-refractivity contribution < 1.29 is 9.53 Å². The number of hydrogen-bond donors (Lipinski definition) is 1. The lowest BCUT2D eigenvalue weighted by molar-refractivity contribution is -0.114. The number of benzene rings is 3. The van der Waals surface area contributed by atoms with Crippen molar-refractivity contribution in [3.05, 3.63) is 66.7 Å². The fraction of sp³-hybridized carbons (Fsp3) is 0.190. The zero-order valence-corrected chi connectivity index (χ0v) is 14.5. The van der Waals surface area contributed by atoms with Crippen molar-refractivity contribution in [2.45, 2.75) is 6.92 Å². The molecular weight excluding hydrogens is 312 g/mol. The summed E-state index contributed by atoms with van der Waals surface area (Å²) < 4.78 is 5.55. The Bertz CT molecular complexity index is 876. The van der Waals surface area contributed by atoms with Gasteiger partial charge in [-0.1, -0.05) is 42.5 Å². The topological polar surface area (TPSA) is 41.6 Å². The average Bonchev–Trinajstić information content (AvgIpc) is 2.63. The second-order valence-corrected chi connectivity index (χ2v) is 5.86. The molecule has 3 aromatic carbocycles. The van der Waals surface area contributed by atoms with Crippen LogP contribution in [0.15, 0.2) is 66.7 Å². The third kappa shape index (κ3) is 4.10. The first-order valence-corrected chi connectivity index (χ1v) is 8.39. The number of nitrogens with one attached hydrogen (secondary N) is 1. The van der Waals surface area contributed by atoms with E-state index in [9.17, 15) is 4.79 Å². The quantitative estimate of drug-likeness (QED) is 0.730. The maximum atomic E-state index is 12.4. The van der Waals surface area contributed by atoms with E-state index in [1.54, 1.807) is 0 Å². The zero-order chi connectivity index (χ0) is 17.6. The summed E-state index contributed by atoms with van der Waals surface area (Å²) in [4.78, 5) is 14.3. The summed E-state index contributed by atoms with van der Waals surface area (Å²) in [5.41, 5.74) is 1.70. The van der Waals surface area contributed by atoms with Gasteiger partial charge in [0, 0.05) is 12.7 Å². The first-order valence-electron chi connectivity index (χ1n) is 8.39. The van der Waals surface area contributed by atoms with Crippen LogP contribution < -0.4 is 15.0 Å². The van der Waals surface area contributed by atoms with E-state index in [-0.39, 0.29) is 12.5 Å². The Labute approximate surface area is 148 Å². The summed E-state index contributed by atoms with van der Waals surface area (Å²) in [6, 6.07) is 21.9. The number of rotatable bonds is 6. The number of para-hydroxylation sites is 2. The predicted molar refractivity (Wildman–Crippen MR) is 103 cm³/mol. The zero-order valence-electron chi connectivity index (χ0n) is 14.5. The molecule has 0 unspecified atom stereocenters. The number of fused-ring (bicyclic) bond motifs is 1. The number of carbonyl (C=O) groups excluding carboxylic acids is 1. The van der Waals surface area contributed by atoms with Crippen LogP contribution in [-0.4, -0.2) is 26.1 Å². The summed E-state index contributed by atoms with van der Waals surface area (Å²) in [7, 11) is 1.91. The van der Waals surface area contributed by atoms with E-state index < -0.39 is 0 Å². The van der Waals surface area contributed by atoms with Crippen LogP contribution in [0.4, 0.5) is 11.4 Å². The van der Waals surface area contributed by atoms with Crippen LogP contribution in [0.2, 0.25) is 0 Å². The van der Waals surface area contributed by atoms with Crippen molar-refractivity contribution in [1.29, 1.82) is 0 Å². The molecule has 128 valence electrons. The van der Waals surface area contributed by atoms with E-state index in [0.29, 0.717) is 18.0 Å². The Morgan fingerprint density at radius 1 is 1.00 bits per heavy atom. The fourth-order valence-corrected chi connectivity index (χ4v) is 2.76. The molecule has 0 saturated heterocycles. The number of hydrogen-bond acceptors (Lipinski definition) is 3. The van der Waals surface area contributed by atoms with Crippen LogP contribution >= 0.6 is 0 Å². The van der Waals surface area contributed by atoms with Crippen molar-refractivity contribution in [3.63, 3.8) is 0 Å². The van der Waals surface area contributed by atoms with E-state index >= 15 is 0 Å². The monoisotopic (exact) mass is 334 g/mol. The Morgan fingerprint density at radius 2 is 1.72 bits per heavy atom. The predicted octanol–water partition coefficient (Wildman–Crippen LogP) is 4.31. The molecule has 25 heavy (non-hydrogen) atoms. The molecule has 3 rings (SSSR count). The molecule has 0 heterocycles. The maximum Gasteiger partial charge on any atom is 0.243 e. The Balaban J connectivity index is 1.69. The van der Waals surface area contributed by atoms with Crippen LogP contribution in [0, 0.1) is 0 Å². The normalized spacial score (nSPS) is 10.5. The number of amides is 1. The Morgan fingerprint density at radius 3 is 2.52 bits per heavy atom. The summed E-state index contributed by atoms with van der Waals surface area (Å²) >= 11 is 0. The highest BCUT2D eigenvalue weighted by molar-refractivity contribution is 5.95. The SMILES string of the molecule is CCOc1ccccc1NC(=O)CN(C)c1ccc2ccccc2c1. The smallest absolute Gasteiger partial charge is 0.243 e. The van der Waals surface area contributed by atoms with Gasteiger partial charge in [0.25, 0.3) is 0 Å². The van der Waals surface area contributed by atoms with Gasteiger partial charge in [0.1, 0.15) is 5.75 Å². The van der Waals surface area contributed by atoms with E-state index in [0.717, 1.165) is 11.1 Å². The van der Waals surface area contributed by atoms with Crippen LogP contribution in [0.25, 0.3) is 10.8 Å². The molecule has 4 nitrogen and oxygen atoms in total. The largest absolute Gasteiger partial charge is 0.492 e. The molecule has 3 aromatic rings. The number of likely N-dealkylation sites (N-methyl/N-ethyl adjacent to an activating group) is 1. The third-order valence-electron chi connectivity index (χ3n) is 4.02. The van der Waals surface area contributed by atoms with Gasteiger partial charge in [0.05, 0.1) is 18.8 Å². The molecule has 1 N–H and O–H groups in total. The highest BCUT2D eigenvalue weighted by atomic mass is 16.5. The van der Waals surface area contributed by atoms with Gasteiger partial charge in [-0.3, -0.25) is 4.79 Å². The summed E-state index contributed by atoms with van der Waals surface area (Å²) in [6.45, 7) is 2.74. The average molecular weight is 334 g/mol. The minimum Gasteiger partial charge on any atom is -0.492 e. The van der Waals surface area contributed by atoms with Crippen molar-refractivity contribution in [3.8, 4) is 5.75 Å². The molecule has 0 aliphatic heterocycles. The van der Waals surface area contributed by atoms with Gasteiger partial charge in [-0.2, -0.15) is 0 Å². The molecule has 0 aromatic heterocycles. The lowest BCUT2D eigenvalue weighted by Crippen LogP contribution is -2.30. The molecule has 1 amide bonds. The van der Waals surface area contributed by atoms with E-state index in [1.807, 2.05) is 61.3 Å². The molecule has 0 spiro atoms. The van der Waals surface area contributed by atoms with Crippen LogP contribution in [-0.2, 0) is 4.79 Å². The van der Waals surface area contributed by atoms with Gasteiger partial charge >= 0.3 is 0 Å². The Kier molecular flexibility index (Phi) is 5.19. The molecule has 0 fully saturated rings. The second-order valence-electron chi connectivity index (χ2n) is 5.86. The van der Waals surface area contributed by atoms with Crippen molar-refractivity contribution in [2.75, 3.05) is 30.4 Å². The minimum absolute atomic E-state index is 0.0807. The maximum absolute atomic E-state index is 12.4. The molecule has 0 atom stereocenters. The molecule has 4 heteroatoms. The number of ether oxygens (including phenoxy) is 1. The van der Waals surface area contributed by atoms with E-state index in [1.165, 1.54) is 5.39 Å². The molecule has 0 saturated carbocycles. The number of carbonyl (C=O) groups is 1. The van der Waals surface area contributed by atoms with E-state index in [4.69, 9.17) is 4.74 Å². The lowest BCUT2D eigenvalue weighted by atomic mass is 10.1. The van der Waals surface area contributed by atoms with Crippen molar-refractivity contribution >= 4 is 28.1 Å². The van der Waals surface area contributed by atoms with Gasteiger partial charge in [-0.15, -0.1) is 0 Å². The molecule has 0 aliphatic rings. The lowest BCUT2D eigenvalue weighted by Gasteiger charge is -2.20. The highest BCUT2D eigenvalue weighted by Crippen LogP contribution is 2.24. The Hall–Kier alpha value is -3.01. The fourth-order valence-electron chi connectivity index (χ4n) is 2.76. The van der Waals surface area contributed by atoms with E-state index in [2.05, 4.69) is 29.6 Å². The minimum atomic E-state index is -0.0807.